The third-order valence-electron chi connectivity index (χ3n) is 2.56. The standard InChI is InChI=1S/C11H10ClNO3/c1-6(14)5-11(16)8-4-7(12)2-3-9(8)13-10(11)15/h2-4,16H,5H2,1H3,(H,13,15)/t11-/m1/s1. The summed E-state index contributed by atoms with van der Waals surface area (Å²) >= 11 is 5.80. The average molecular weight is 240 g/mol. The third kappa shape index (κ3) is 1.60. The Balaban J connectivity index is 2.53. The smallest absolute Gasteiger partial charge is 0.261 e. The summed E-state index contributed by atoms with van der Waals surface area (Å²) in [6.45, 7) is 1.33. The summed E-state index contributed by atoms with van der Waals surface area (Å²) in [5.41, 5.74) is -0.926. The number of hydrogen-bond donors (Lipinski definition) is 2. The number of halogens is 1. The lowest BCUT2D eigenvalue weighted by molar-refractivity contribution is -0.139. The van der Waals surface area contributed by atoms with E-state index in [1.807, 2.05) is 0 Å². The highest BCUT2D eigenvalue weighted by molar-refractivity contribution is 6.31. The number of fused-ring (bicyclic) bond motifs is 1. The molecule has 0 aromatic heterocycles. The molecule has 0 unspecified atom stereocenters. The summed E-state index contributed by atoms with van der Waals surface area (Å²) in [7, 11) is 0. The second kappa shape index (κ2) is 3.57. The van der Waals surface area contributed by atoms with E-state index in [0.717, 1.165) is 0 Å². The zero-order chi connectivity index (χ0) is 11.9. The van der Waals surface area contributed by atoms with Gasteiger partial charge in [-0.3, -0.25) is 9.59 Å². The Hall–Kier alpha value is -1.39. The molecule has 1 heterocycles. The molecule has 1 aliphatic rings. The first-order valence-corrected chi connectivity index (χ1v) is 5.14. The molecule has 0 saturated carbocycles. The number of hydrogen-bond acceptors (Lipinski definition) is 3. The first-order valence-electron chi connectivity index (χ1n) is 4.77. The number of amides is 1. The monoisotopic (exact) mass is 239 g/mol. The molecule has 1 aliphatic heterocycles. The minimum absolute atomic E-state index is 0.244. The van der Waals surface area contributed by atoms with Gasteiger partial charge in [-0.05, 0) is 25.1 Å². The molecule has 2 N–H and O–H groups in total. The van der Waals surface area contributed by atoms with E-state index in [0.29, 0.717) is 16.3 Å². The van der Waals surface area contributed by atoms with E-state index in [2.05, 4.69) is 5.32 Å². The molecule has 1 amide bonds. The van der Waals surface area contributed by atoms with Crippen molar-refractivity contribution in [1.82, 2.24) is 0 Å². The first-order chi connectivity index (χ1) is 7.43. The normalized spacial score (nSPS) is 22.8. The molecular formula is C11H10ClNO3. The van der Waals surface area contributed by atoms with Crippen LogP contribution in [0.25, 0.3) is 0 Å². The number of nitrogens with one attached hydrogen (secondary N) is 1. The molecule has 0 fully saturated rings. The van der Waals surface area contributed by atoms with E-state index in [-0.39, 0.29) is 12.2 Å². The molecular weight excluding hydrogens is 230 g/mol. The molecule has 5 heteroatoms. The Morgan fingerprint density at radius 1 is 1.56 bits per heavy atom. The van der Waals surface area contributed by atoms with Crippen molar-refractivity contribution in [3.05, 3.63) is 28.8 Å². The lowest BCUT2D eigenvalue weighted by Crippen LogP contribution is -2.35. The van der Waals surface area contributed by atoms with E-state index in [4.69, 9.17) is 11.6 Å². The van der Waals surface area contributed by atoms with Crippen molar-refractivity contribution in [2.45, 2.75) is 18.9 Å². The molecule has 0 bridgehead atoms. The minimum atomic E-state index is -1.79. The maximum absolute atomic E-state index is 11.6. The highest BCUT2D eigenvalue weighted by Crippen LogP contribution is 2.39. The number of anilines is 1. The summed E-state index contributed by atoms with van der Waals surface area (Å²) < 4.78 is 0. The predicted molar refractivity (Wildman–Crippen MR) is 59.3 cm³/mol. The Morgan fingerprint density at radius 3 is 2.88 bits per heavy atom. The van der Waals surface area contributed by atoms with Crippen LogP contribution in [0.5, 0.6) is 0 Å². The molecule has 16 heavy (non-hydrogen) atoms. The van der Waals surface area contributed by atoms with Gasteiger partial charge >= 0.3 is 0 Å². The molecule has 2 rings (SSSR count). The van der Waals surface area contributed by atoms with Gasteiger partial charge < -0.3 is 10.4 Å². The zero-order valence-corrected chi connectivity index (χ0v) is 9.34. The van der Waals surface area contributed by atoms with Crippen molar-refractivity contribution < 1.29 is 14.7 Å². The van der Waals surface area contributed by atoms with Gasteiger partial charge in [0.05, 0.1) is 0 Å². The summed E-state index contributed by atoms with van der Waals surface area (Å²) in [6.07, 6.45) is -0.244. The van der Waals surface area contributed by atoms with Crippen LogP contribution < -0.4 is 5.32 Å². The molecule has 0 spiro atoms. The first kappa shape index (κ1) is 11.1. The summed E-state index contributed by atoms with van der Waals surface area (Å²) in [6, 6.07) is 4.71. The number of carbonyl (C=O) groups excluding carboxylic acids is 2. The fourth-order valence-electron chi connectivity index (χ4n) is 1.85. The quantitative estimate of drug-likeness (QED) is 0.821. The number of benzene rings is 1. The van der Waals surface area contributed by atoms with Gasteiger partial charge in [0.25, 0.3) is 5.91 Å². The van der Waals surface area contributed by atoms with Crippen molar-refractivity contribution in [1.29, 1.82) is 0 Å². The van der Waals surface area contributed by atoms with Gasteiger partial charge in [-0.1, -0.05) is 11.6 Å². The number of Topliss-reactive ketones (excluding diaryl/α,β-unsaturated/α-hetero) is 1. The number of rotatable bonds is 2. The van der Waals surface area contributed by atoms with Crippen LogP contribution in [-0.2, 0) is 15.2 Å². The lowest BCUT2D eigenvalue weighted by atomic mass is 9.90. The van der Waals surface area contributed by atoms with Gasteiger partial charge in [0.15, 0.2) is 5.60 Å². The van der Waals surface area contributed by atoms with Crippen LogP contribution in [0.2, 0.25) is 5.02 Å². The number of carbonyl (C=O) groups is 2. The largest absolute Gasteiger partial charge is 0.375 e. The van der Waals surface area contributed by atoms with Crippen LogP contribution in [-0.4, -0.2) is 16.8 Å². The zero-order valence-electron chi connectivity index (χ0n) is 8.58. The van der Waals surface area contributed by atoms with E-state index >= 15 is 0 Å². The van der Waals surface area contributed by atoms with Gasteiger partial charge in [0.1, 0.15) is 5.78 Å². The highest BCUT2D eigenvalue weighted by Gasteiger charge is 2.46. The second-order valence-corrected chi connectivity index (χ2v) is 4.32. The Kier molecular flexibility index (Phi) is 2.48. The molecule has 0 saturated heterocycles. The lowest BCUT2D eigenvalue weighted by Gasteiger charge is -2.19. The van der Waals surface area contributed by atoms with Crippen LogP contribution in [0.1, 0.15) is 18.9 Å². The molecule has 1 aromatic rings. The topological polar surface area (TPSA) is 66.4 Å². The third-order valence-corrected chi connectivity index (χ3v) is 2.79. The molecule has 0 radical (unpaired) electrons. The van der Waals surface area contributed by atoms with E-state index in [1.165, 1.54) is 13.0 Å². The Labute approximate surface area is 97.2 Å². The van der Waals surface area contributed by atoms with Gasteiger partial charge in [-0.15, -0.1) is 0 Å². The SMILES string of the molecule is CC(=O)C[C@]1(O)C(=O)Nc2ccc(Cl)cc21. The van der Waals surface area contributed by atoms with Crippen LogP contribution in [0.15, 0.2) is 18.2 Å². The van der Waals surface area contributed by atoms with Crippen molar-refractivity contribution in [3.63, 3.8) is 0 Å². The summed E-state index contributed by atoms with van der Waals surface area (Å²) in [4.78, 5) is 22.7. The number of aliphatic hydroxyl groups is 1. The molecule has 1 aromatic carbocycles. The summed E-state index contributed by atoms with van der Waals surface area (Å²) in [5.74, 6) is -0.842. The average Bonchev–Trinajstić information content (AvgIpc) is 2.40. The molecule has 1 atom stereocenters. The van der Waals surface area contributed by atoms with Crippen molar-refractivity contribution in [2.75, 3.05) is 5.32 Å². The Bertz CT molecular complexity index is 486. The predicted octanol–water partition coefficient (Wildman–Crippen LogP) is 1.46. The second-order valence-electron chi connectivity index (χ2n) is 3.88. The fraction of sp³-hybridized carbons (Fsp3) is 0.273. The van der Waals surface area contributed by atoms with E-state index in [1.54, 1.807) is 12.1 Å². The van der Waals surface area contributed by atoms with Crippen LogP contribution in [0.4, 0.5) is 5.69 Å². The maximum atomic E-state index is 11.6. The van der Waals surface area contributed by atoms with Gasteiger partial charge in [-0.2, -0.15) is 0 Å². The maximum Gasteiger partial charge on any atom is 0.261 e. The fourth-order valence-corrected chi connectivity index (χ4v) is 2.02. The van der Waals surface area contributed by atoms with Gasteiger partial charge in [-0.25, -0.2) is 0 Å². The summed E-state index contributed by atoms with van der Waals surface area (Å²) in [5, 5.41) is 13.2. The highest BCUT2D eigenvalue weighted by atomic mass is 35.5. The van der Waals surface area contributed by atoms with Crippen LogP contribution in [0, 0.1) is 0 Å². The number of ketones is 1. The van der Waals surface area contributed by atoms with Crippen molar-refractivity contribution in [2.24, 2.45) is 0 Å². The molecule has 0 aliphatic carbocycles. The van der Waals surface area contributed by atoms with Crippen LogP contribution in [0.3, 0.4) is 0 Å². The Morgan fingerprint density at radius 2 is 2.25 bits per heavy atom. The molecule has 4 nitrogen and oxygen atoms in total. The van der Waals surface area contributed by atoms with Crippen molar-refractivity contribution in [3.8, 4) is 0 Å². The van der Waals surface area contributed by atoms with Gasteiger partial charge in [0.2, 0.25) is 0 Å². The van der Waals surface area contributed by atoms with Gasteiger partial charge in [0, 0.05) is 22.7 Å². The van der Waals surface area contributed by atoms with Crippen molar-refractivity contribution >= 4 is 29.0 Å². The van der Waals surface area contributed by atoms with E-state index in [9.17, 15) is 14.7 Å². The van der Waals surface area contributed by atoms with Crippen LogP contribution >= 0.6 is 11.6 Å². The minimum Gasteiger partial charge on any atom is -0.375 e. The van der Waals surface area contributed by atoms with E-state index < -0.39 is 11.5 Å². The molecule has 84 valence electrons.